The fraction of sp³-hybridized carbons (Fsp3) is 0.500. The SMILES string of the molecule is CCC(=O)N(CCC(C)C)CC(=O)N1CCc2sccc2[C@@H]1COc1ccccc1. The molecule has 0 fully saturated rings. The number of hydrogen-bond donors (Lipinski definition) is 0. The highest BCUT2D eigenvalue weighted by Crippen LogP contribution is 2.34. The van der Waals surface area contributed by atoms with Crippen LogP contribution in [0.25, 0.3) is 0 Å². The summed E-state index contributed by atoms with van der Waals surface area (Å²) in [6.45, 7) is 7.96. The molecule has 1 aliphatic heterocycles. The van der Waals surface area contributed by atoms with E-state index in [-0.39, 0.29) is 24.4 Å². The smallest absolute Gasteiger partial charge is 0.242 e. The maximum Gasteiger partial charge on any atom is 0.242 e. The topological polar surface area (TPSA) is 49.9 Å². The summed E-state index contributed by atoms with van der Waals surface area (Å²) < 4.78 is 6.03. The molecule has 2 heterocycles. The average Bonchev–Trinajstić information content (AvgIpc) is 3.23. The van der Waals surface area contributed by atoms with Gasteiger partial charge in [0.15, 0.2) is 0 Å². The van der Waals surface area contributed by atoms with Crippen LogP contribution >= 0.6 is 11.3 Å². The lowest BCUT2D eigenvalue weighted by Gasteiger charge is -2.37. The van der Waals surface area contributed by atoms with E-state index in [1.54, 1.807) is 16.2 Å². The summed E-state index contributed by atoms with van der Waals surface area (Å²) in [5, 5.41) is 2.09. The van der Waals surface area contributed by atoms with Gasteiger partial charge in [-0.2, -0.15) is 0 Å². The van der Waals surface area contributed by atoms with Crippen LogP contribution in [0.1, 0.15) is 50.1 Å². The van der Waals surface area contributed by atoms with Crippen LogP contribution in [0.5, 0.6) is 5.75 Å². The Morgan fingerprint density at radius 3 is 2.70 bits per heavy atom. The zero-order chi connectivity index (χ0) is 21.5. The molecule has 30 heavy (non-hydrogen) atoms. The van der Waals surface area contributed by atoms with Gasteiger partial charge in [0.2, 0.25) is 11.8 Å². The van der Waals surface area contributed by atoms with Crippen molar-refractivity contribution in [3.63, 3.8) is 0 Å². The Balaban J connectivity index is 1.73. The molecule has 0 saturated heterocycles. The van der Waals surface area contributed by atoms with E-state index in [4.69, 9.17) is 4.74 Å². The standard InChI is InChI=1S/C24H32N2O3S/c1-4-23(27)25(13-10-18(2)3)16-24(28)26-14-11-22-20(12-15-30-22)21(26)17-29-19-8-6-5-7-9-19/h5-9,12,15,18,21H,4,10-11,13-14,16-17H2,1-3H3/t21-/m0/s1. The lowest BCUT2D eigenvalue weighted by Crippen LogP contribution is -2.48. The second-order valence-electron chi connectivity index (χ2n) is 8.13. The van der Waals surface area contributed by atoms with E-state index in [0.29, 0.717) is 32.0 Å². The largest absolute Gasteiger partial charge is 0.491 e. The molecule has 3 rings (SSSR count). The van der Waals surface area contributed by atoms with Gasteiger partial charge in [-0.3, -0.25) is 9.59 Å². The van der Waals surface area contributed by atoms with E-state index in [1.807, 2.05) is 42.2 Å². The minimum atomic E-state index is -0.128. The fourth-order valence-electron chi connectivity index (χ4n) is 3.75. The van der Waals surface area contributed by atoms with Gasteiger partial charge in [0.1, 0.15) is 12.4 Å². The molecule has 0 unspecified atom stereocenters. The molecule has 1 atom stereocenters. The van der Waals surface area contributed by atoms with Crippen LogP contribution in [0.15, 0.2) is 41.8 Å². The number of rotatable bonds is 9. The Morgan fingerprint density at radius 2 is 2.00 bits per heavy atom. The third-order valence-corrected chi connectivity index (χ3v) is 6.52. The second kappa shape index (κ2) is 10.6. The molecule has 2 amide bonds. The zero-order valence-corrected chi connectivity index (χ0v) is 19.0. The minimum Gasteiger partial charge on any atom is -0.491 e. The van der Waals surface area contributed by atoms with Crippen LogP contribution in [0.4, 0.5) is 0 Å². The molecule has 0 aliphatic carbocycles. The van der Waals surface area contributed by atoms with Gasteiger partial charge in [0, 0.05) is 24.4 Å². The van der Waals surface area contributed by atoms with Crippen molar-refractivity contribution in [3.05, 3.63) is 52.2 Å². The van der Waals surface area contributed by atoms with Gasteiger partial charge in [-0.05, 0) is 47.9 Å². The number of carbonyl (C=O) groups excluding carboxylic acids is 2. The highest BCUT2D eigenvalue weighted by Gasteiger charge is 2.33. The summed E-state index contributed by atoms with van der Waals surface area (Å²) >= 11 is 1.74. The molecular formula is C24H32N2O3S. The fourth-order valence-corrected chi connectivity index (χ4v) is 4.68. The van der Waals surface area contributed by atoms with E-state index < -0.39 is 0 Å². The molecule has 0 radical (unpaired) electrons. The molecule has 0 spiro atoms. The second-order valence-corrected chi connectivity index (χ2v) is 9.13. The summed E-state index contributed by atoms with van der Waals surface area (Å²) in [6, 6.07) is 11.7. The first kappa shape index (κ1) is 22.3. The molecule has 5 nitrogen and oxygen atoms in total. The van der Waals surface area contributed by atoms with E-state index in [1.165, 1.54) is 10.4 Å². The van der Waals surface area contributed by atoms with Gasteiger partial charge in [0.25, 0.3) is 0 Å². The number of ether oxygens (including phenoxy) is 1. The van der Waals surface area contributed by atoms with Crippen LogP contribution < -0.4 is 4.74 Å². The van der Waals surface area contributed by atoms with Crippen LogP contribution in [-0.2, 0) is 16.0 Å². The third kappa shape index (κ3) is 5.63. The van der Waals surface area contributed by atoms with Crippen molar-refractivity contribution in [1.29, 1.82) is 0 Å². The molecule has 2 aromatic rings. The molecule has 1 aromatic carbocycles. The first-order valence-corrected chi connectivity index (χ1v) is 11.7. The Labute approximate surface area is 183 Å². The van der Waals surface area contributed by atoms with Gasteiger partial charge < -0.3 is 14.5 Å². The van der Waals surface area contributed by atoms with Crippen molar-refractivity contribution < 1.29 is 14.3 Å². The number of carbonyl (C=O) groups is 2. The van der Waals surface area contributed by atoms with Crippen LogP contribution in [0, 0.1) is 5.92 Å². The van der Waals surface area contributed by atoms with Gasteiger partial charge in [-0.1, -0.05) is 39.0 Å². The van der Waals surface area contributed by atoms with Crippen LogP contribution in [-0.4, -0.2) is 47.9 Å². The maximum absolute atomic E-state index is 13.3. The van der Waals surface area contributed by atoms with Crippen molar-refractivity contribution in [2.45, 2.75) is 46.1 Å². The van der Waals surface area contributed by atoms with Crippen molar-refractivity contribution >= 4 is 23.2 Å². The van der Waals surface area contributed by atoms with Crippen LogP contribution in [0.2, 0.25) is 0 Å². The molecule has 162 valence electrons. The van der Waals surface area contributed by atoms with Crippen LogP contribution in [0.3, 0.4) is 0 Å². The van der Waals surface area contributed by atoms with Crippen molar-refractivity contribution in [1.82, 2.24) is 9.80 Å². The Bertz CT molecular complexity index is 834. The molecule has 0 bridgehead atoms. The van der Waals surface area contributed by atoms with Gasteiger partial charge in [-0.25, -0.2) is 0 Å². The zero-order valence-electron chi connectivity index (χ0n) is 18.2. The highest BCUT2D eigenvalue weighted by molar-refractivity contribution is 7.10. The maximum atomic E-state index is 13.3. The van der Waals surface area contributed by atoms with Crippen molar-refractivity contribution in [3.8, 4) is 5.75 Å². The Kier molecular flexibility index (Phi) is 7.91. The Morgan fingerprint density at radius 1 is 1.23 bits per heavy atom. The lowest BCUT2D eigenvalue weighted by atomic mass is 10.0. The lowest BCUT2D eigenvalue weighted by molar-refractivity contribution is -0.142. The van der Waals surface area contributed by atoms with E-state index in [2.05, 4.69) is 25.3 Å². The summed E-state index contributed by atoms with van der Waals surface area (Å²) in [6.07, 6.45) is 2.17. The molecule has 0 N–H and O–H groups in total. The monoisotopic (exact) mass is 428 g/mol. The first-order valence-electron chi connectivity index (χ1n) is 10.8. The minimum absolute atomic E-state index is 0.000863. The first-order chi connectivity index (χ1) is 14.5. The predicted octanol–water partition coefficient (Wildman–Crippen LogP) is 4.54. The molecule has 1 aliphatic rings. The van der Waals surface area contributed by atoms with Gasteiger partial charge in [0.05, 0.1) is 12.6 Å². The average molecular weight is 429 g/mol. The molecule has 1 aromatic heterocycles. The van der Waals surface area contributed by atoms with Crippen molar-refractivity contribution in [2.24, 2.45) is 5.92 Å². The van der Waals surface area contributed by atoms with E-state index >= 15 is 0 Å². The highest BCUT2D eigenvalue weighted by atomic mass is 32.1. The molecular weight excluding hydrogens is 396 g/mol. The number of thiophene rings is 1. The summed E-state index contributed by atoms with van der Waals surface area (Å²) in [5.74, 6) is 1.32. The number of fused-ring (bicyclic) bond motifs is 1. The van der Waals surface area contributed by atoms with E-state index in [0.717, 1.165) is 18.6 Å². The molecule has 0 saturated carbocycles. The molecule has 6 heteroatoms. The quantitative estimate of drug-likeness (QED) is 0.589. The number of para-hydroxylation sites is 1. The number of hydrogen-bond acceptors (Lipinski definition) is 4. The van der Waals surface area contributed by atoms with Crippen molar-refractivity contribution in [2.75, 3.05) is 26.2 Å². The number of amides is 2. The summed E-state index contributed by atoms with van der Waals surface area (Å²) in [5.41, 5.74) is 1.17. The third-order valence-electron chi connectivity index (χ3n) is 5.52. The summed E-state index contributed by atoms with van der Waals surface area (Å²) in [7, 11) is 0. The van der Waals surface area contributed by atoms with E-state index in [9.17, 15) is 9.59 Å². The number of benzene rings is 1. The summed E-state index contributed by atoms with van der Waals surface area (Å²) in [4.78, 5) is 30.7. The predicted molar refractivity (Wildman–Crippen MR) is 121 cm³/mol. The number of nitrogens with zero attached hydrogens (tertiary/aromatic N) is 2. The van der Waals surface area contributed by atoms with Gasteiger partial charge >= 0.3 is 0 Å². The normalized spacial score (nSPS) is 15.7. The Hall–Kier alpha value is -2.34. The van der Waals surface area contributed by atoms with Gasteiger partial charge in [-0.15, -0.1) is 11.3 Å².